The highest BCUT2D eigenvalue weighted by Gasteiger charge is 2.37. The molecule has 1 aromatic heterocycles. The van der Waals surface area contributed by atoms with Crippen molar-refractivity contribution >= 4 is 50.4 Å². The van der Waals surface area contributed by atoms with Gasteiger partial charge in [-0.2, -0.15) is 0 Å². The fourth-order valence-corrected chi connectivity index (χ4v) is 6.30. The molecule has 2 aliphatic rings. The molecule has 5 rings (SSSR count). The number of amides is 1. The molecule has 37 heavy (non-hydrogen) atoms. The van der Waals surface area contributed by atoms with Gasteiger partial charge < -0.3 is 14.4 Å². The first-order chi connectivity index (χ1) is 17.8. The lowest BCUT2D eigenvalue weighted by atomic mass is 9.95. The average molecular weight is 582 g/mol. The van der Waals surface area contributed by atoms with Gasteiger partial charge in [0.25, 0.3) is 11.5 Å². The monoisotopic (exact) mass is 581 g/mol. The van der Waals surface area contributed by atoms with Crippen molar-refractivity contribution < 1.29 is 19.1 Å². The molecule has 1 amide bonds. The number of fused-ring (bicyclic) bond motifs is 2. The van der Waals surface area contributed by atoms with E-state index in [1.807, 2.05) is 31.2 Å². The van der Waals surface area contributed by atoms with Crippen LogP contribution in [0.5, 0.6) is 5.75 Å². The quantitative estimate of drug-likeness (QED) is 0.431. The zero-order chi connectivity index (χ0) is 26.4. The van der Waals surface area contributed by atoms with Crippen molar-refractivity contribution in [2.45, 2.75) is 26.8 Å². The summed E-state index contributed by atoms with van der Waals surface area (Å²) in [4.78, 5) is 47.4. The summed E-state index contributed by atoms with van der Waals surface area (Å²) in [7, 11) is 1.56. The molecule has 0 unspecified atom stereocenters. The van der Waals surface area contributed by atoms with Crippen LogP contribution < -0.4 is 24.5 Å². The van der Waals surface area contributed by atoms with Crippen molar-refractivity contribution in [1.82, 2.24) is 4.57 Å². The van der Waals surface area contributed by atoms with Gasteiger partial charge in [0, 0.05) is 16.6 Å². The Hall–Kier alpha value is -3.50. The van der Waals surface area contributed by atoms with E-state index < -0.39 is 17.6 Å². The fraction of sp³-hybridized carbons (Fsp3) is 0.259. The van der Waals surface area contributed by atoms with Crippen LogP contribution in [0.2, 0.25) is 0 Å². The largest absolute Gasteiger partial charge is 0.497 e. The molecule has 3 heterocycles. The first-order valence-electron chi connectivity index (χ1n) is 11.8. The van der Waals surface area contributed by atoms with Crippen LogP contribution in [0.4, 0.5) is 5.69 Å². The summed E-state index contributed by atoms with van der Waals surface area (Å²) < 4.78 is 13.3. The number of hydrogen-bond acceptors (Lipinski definition) is 7. The third kappa shape index (κ3) is 4.04. The first kappa shape index (κ1) is 25.2. The van der Waals surface area contributed by atoms with Crippen LogP contribution in [-0.4, -0.2) is 36.7 Å². The minimum atomic E-state index is -0.791. The van der Waals surface area contributed by atoms with Crippen LogP contribution >= 0.6 is 27.3 Å². The number of rotatable bonds is 5. The Bertz CT molecular complexity index is 1670. The topological polar surface area (TPSA) is 90.2 Å². The van der Waals surface area contributed by atoms with Gasteiger partial charge in [0.2, 0.25) is 0 Å². The van der Waals surface area contributed by atoms with Crippen molar-refractivity contribution in [2.24, 2.45) is 4.99 Å². The molecule has 3 aromatic rings. The second-order valence-corrected chi connectivity index (χ2v) is 10.4. The number of carbonyl (C=O) groups excluding carboxylic acids is 2. The molecule has 2 aromatic carbocycles. The third-order valence-electron chi connectivity index (χ3n) is 6.42. The van der Waals surface area contributed by atoms with E-state index in [1.165, 1.54) is 4.57 Å². The first-order valence-corrected chi connectivity index (χ1v) is 13.4. The fourth-order valence-electron chi connectivity index (χ4n) is 4.81. The maximum Gasteiger partial charge on any atom is 0.338 e. The van der Waals surface area contributed by atoms with Gasteiger partial charge in [0.05, 0.1) is 42.3 Å². The molecule has 0 saturated carbocycles. The number of carbonyl (C=O) groups is 2. The molecule has 0 fully saturated rings. The SMILES string of the molecule is CCOC(=O)C1=C(C)N=c2s/c(=C3/C(=O)N(CC)c4ccc(Br)cc43)c(=O)n2[C@H]1c1cccc(OC)c1. The molecule has 0 radical (unpaired) electrons. The molecule has 1 atom stereocenters. The van der Waals surface area contributed by atoms with Crippen LogP contribution in [0, 0.1) is 0 Å². The predicted octanol–water partition coefficient (Wildman–Crippen LogP) is 3.31. The third-order valence-corrected chi connectivity index (χ3v) is 7.97. The lowest BCUT2D eigenvalue weighted by Crippen LogP contribution is -2.41. The molecular weight excluding hydrogens is 558 g/mol. The summed E-state index contributed by atoms with van der Waals surface area (Å²) in [6.07, 6.45) is 0. The second kappa shape index (κ2) is 9.75. The number of allylic oxidation sites excluding steroid dienone is 1. The van der Waals surface area contributed by atoms with E-state index in [1.54, 1.807) is 44.1 Å². The molecule has 0 spiro atoms. The number of methoxy groups -OCH3 is 1. The van der Waals surface area contributed by atoms with E-state index in [0.29, 0.717) is 39.5 Å². The Kier molecular flexibility index (Phi) is 6.63. The number of hydrogen-bond donors (Lipinski definition) is 0. The lowest BCUT2D eigenvalue weighted by molar-refractivity contribution is -0.139. The molecule has 8 nitrogen and oxygen atoms in total. The number of halogens is 1. The van der Waals surface area contributed by atoms with E-state index in [4.69, 9.17) is 9.47 Å². The van der Waals surface area contributed by atoms with Gasteiger partial charge in [-0.05, 0) is 56.7 Å². The second-order valence-electron chi connectivity index (χ2n) is 8.49. The number of likely N-dealkylation sites (N-methyl/N-ethyl adjacent to an activating group) is 1. The number of thiazole rings is 1. The Morgan fingerprint density at radius 2 is 1.95 bits per heavy atom. The summed E-state index contributed by atoms with van der Waals surface area (Å²) in [5, 5.41) is 0. The molecule has 0 saturated heterocycles. The summed E-state index contributed by atoms with van der Waals surface area (Å²) >= 11 is 4.64. The summed E-state index contributed by atoms with van der Waals surface area (Å²) in [5.74, 6) is -0.193. The summed E-state index contributed by atoms with van der Waals surface area (Å²) in [6, 6.07) is 12.0. The van der Waals surface area contributed by atoms with Crippen LogP contribution in [0.15, 0.2) is 68.0 Å². The van der Waals surface area contributed by atoms with Crippen molar-refractivity contribution in [3.63, 3.8) is 0 Å². The van der Waals surface area contributed by atoms with E-state index >= 15 is 0 Å². The van der Waals surface area contributed by atoms with Gasteiger partial charge in [-0.1, -0.05) is 39.4 Å². The molecule has 0 aliphatic carbocycles. The van der Waals surface area contributed by atoms with E-state index in [-0.39, 0.29) is 22.6 Å². The highest BCUT2D eigenvalue weighted by Crippen LogP contribution is 2.37. The molecule has 10 heteroatoms. The number of aromatic nitrogens is 1. The molecule has 0 bridgehead atoms. The zero-order valence-corrected chi connectivity index (χ0v) is 23.1. The van der Waals surface area contributed by atoms with Gasteiger partial charge in [0.15, 0.2) is 4.80 Å². The van der Waals surface area contributed by atoms with Crippen molar-refractivity contribution in [1.29, 1.82) is 0 Å². The Balaban J connectivity index is 1.84. The number of esters is 1. The van der Waals surface area contributed by atoms with Crippen LogP contribution in [0.1, 0.15) is 37.9 Å². The summed E-state index contributed by atoms with van der Waals surface area (Å²) in [6.45, 7) is 6.00. The Morgan fingerprint density at radius 1 is 1.16 bits per heavy atom. The van der Waals surface area contributed by atoms with Crippen molar-refractivity contribution in [3.05, 3.63) is 89.0 Å². The van der Waals surface area contributed by atoms with Crippen LogP contribution in [0.25, 0.3) is 5.57 Å². The van der Waals surface area contributed by atoms with E-state index in [0.717, 1.165) is 21.5 Å². The lowest BCUT2D eigenvalue weighted by Gasteiger charge is -2.25. The maximum atomic E-state index is 14.1. The predicted molar refractivity (Wildman–Crippen MR) is 145 cm³/mol. The van der Waals surface area contributed by atoms with Gasteiger partial charge in [0.1, 0.15) is 10.3 Å². The highest BCUT2D eigenvalue weighted by molar-refractivity contribution is 9.10. The van der Waals surface area contributed by atoms with Crippen LogP contribution in [-0.2, 0) is 14.3 Å². The zero-order valence-electron chi connectivity index (χ0n) is 20.7. The number of anilines is 1. The molecule has 2 aliphatic heterocycles. The molecular formula is C27H24BrN3O5S. The smallest absolute Gasteiger partial charge is 0.338 e. The van der Waals surface area contributed by atoms with E-state index in [2.05, 4.69) is 20.9 Å². The normalized spacial score (nSPS) is 17.9. The molecule has 0 N–H and O–H groups in total. The number of benzene rings is 2. The maximum absolute atomic E-state index is 14.1. The van der Waals surface area contributed by atoms with Crippen molar-refractivity contribution in [2.75, 3.05) is 25.2 Å². The van der Waals surface area contributed by atoms with E-state index in [9.17, 15) is 14.4 Å². The summed E-state index contributed by atoms with van der Waals surface area (Å²) in [5.41, 5.74) is 2.79. The highest BCUT2D eigenvalue weighted by atomic mass is 79.9. The van der Waals surface area contributed by atoms with Gasteiger partial charge >= 0.3 is 5.97 Å². The van der Waals surface area contributed by atoms with Gasteiger partial charge in [-0.25, -0.2) is 9.79 Å². The minimum absolute atomic E-state index is 0.183. The Morgan fingerprint density at radius 3 is 2.65 bits per heavy atom. The van der Waals surface area contributed by atoms with Crippen LogP contribution in [0.3, 0.4) is 0 Å². The van der Waals surface area contributed by atoms with Gasteiger partial charge in [-0.3, -0.25) is 14.2 Å². The average Bonchev–Trinajstić information content (AvgIpc) is 3.34. The van der Waals surface area contributed by atoms with Crippen molar-refractivity contribution in [3.8, 4) is 5.75 Å². The molecule has 190 valence electrons. The Labute approximate surface area is 225 Å². The number of nitrogens with zero attached hydrogens (tertiary/aromatic N) is 3. The van der Waals surface area contributed by atoms with Gasteiger partial charge in [-0.15, -0.1) is 0 Å². The standard InChI is InChI=1S/C27H24BrN3O5S/c1-5-30-19-11-10-16(28)13-18(19)21(24(30)32)23-25(33)31-22(15-8-7-9-17(12-15)35-4)20(26(34)36-6-2)14(3)29-27(31)37-23/h7-13,22H,5-6H2,1-4H3/b23-21+/t22-/m0/s1. The minimum Gasteiger partial charge on any atom is -0.497 e. The number of ether oxygens (including phenoxy) is 2.